The zero-order chi connectivity index (χ0) is 15.4. The van der Waals surface area contributed by atoms with Gasteiger partial charge in [0.2, 0.25) is 5.91 Å². The van der Waals surface area contributed by atoms with E-state index in [1.807, 2.05) is 38.1 Å². The van der Waals surface area contributed by atoms with Crippen LogP contribution < -0.4 is 15.8 Å². The van der Waals surface area contributed by atoms with Gasteiger partial charge in [0.25, 0.3) is 0 Å². The second-order valence-corrected chi connectivity index (χ2v) is 5.70. The number of allylic oxidation sites excluding steroid dienone is 1. The van der Waals surface area contributed by atoms with Crippen molar-refractivity contribution in [3.63, 3.8) is 0 Å². The van der Waals surface area contributed by atoms with Crippen molar-refractivity contribution in [3.05, 3.63) is 35.9 Å². The Hall–Kier alpha value is -2.34. The van der Waals surface area contributed by atoms with E-state index in [4.69, 9.17) is 10.5 Å². The van der Waals surface area contributed by atoms with E-state index in [0.29, 0.717) is 15.8 Å². The molecule has 3 N–H and O–H groups in total. The molecule has 0 saturated carbocycles. The van der Waals surface area contributed by atoms with Crippen LogP contribution in [0.4, 0.5) is 10.1 Å². The number of nitrogens with two attached hydrogens (primary N) is 1. The lowest BCUT2D eigenvalue weighted by Crippen LogP contribution is -2.07. The standard InChI is InChI=1S/C15H17N3O2S/c1-9(2)8-12(19)17-15-18-13(14(16)21-15)10-4-6-11(20-3)7-5-10/h4-8H,16H2,1-3H3,(H,17,18,19). The molecule has 2 rings (SSSR count). The van der Waals surface area contributed by atoms with Crippen molar-refractivity contribution in [2.75, 3.05) is 18.2 Å². The minimum atomic E-state index is -0.204. The highest BCUT2D eigenvalue weighted by atomic mass is 32.1. The van der Waals surface area contributed by atoms with E-state index in [-0.39, 0.29) is 5.91 Å². The summed E-state index contributed by atoms with van der Waals surface area (Å²) >= 11 is 1.25. The number of aromatic nitrogens is 1. The fraction of sp³-hybridized carbons (Fsp3) is 0.200. The summed E-state index contributed by atoms with van der Waals surface area (Å²) in [5.74, 6) is 0.565. The first-order valence-electron chi connectivity index (χ1n) is 6.36. The minimum Gasteiger partial charge on any atom is -0.497 e. The summed E-state index contributed by atoms with van der Waals surface area (Å²) in [6, 6.07) is 7.45. The minimum absolute atomic E-state index is 0.204. The smallest absolute Gasteiger partial charge is 0.250 e. The first-order chi connectivity index (χ1) is 9.99. The highest BCUT2D eigenvalue weighted by molar-refractivity contribution is 7.20. The molecule has 0 saturated heterocycles. The van der Waals surface area contributed by atoms with Crippen LogP contribution in [0.15, 0.2) is 35.9 Å². The van der Waals surface area contributed by atoms with Crippen molar-refractivity contribution in [3.8, 4) is 17.0 Å². The molecular formula is C15H17N3O2S. The van der Waals surface area contributed by atoms with Gasteiger partial charge in [-0.3, -0.25) is 10.1 Å². The molecule has 5 nitrogen and oxygen atoms in total. The van der Waals surface area contributed by atoms with Crippen LogP contribution in [0, 0.1) is 0 Å². The number of carbonyl (C=O) groups excluding carboxylic acids is 1. The summed E-state index contributed by atoms with van der Waals surface area (Å²) < 4.78 is 5.12. The van der Waals surface area contributed by atoms with Crippen molar-refractivity contribution in [1.29, 1.82) is 0 Å². The number of ether oxygens (including phenoxy) is 1. The Balaban J connectivity index is 2.22. The number of methoxy groups -OCH3 is 1. The van der Waals surface area contributed by atoms with Crippen LogP contribution in [0.2, 0.25) is 0 Å². The van der Waals surface area contributed by atoms with E-state index in [2.05, 4.69) is 10.3 Å². The van der Waals surface area contributed by atoms with Gasteiger partial charge in [-0.1, -0.05) is 16.9 Å². The van der Waals surface area contributed by atoms with Crippen LogP contribution in [-0.2, 0) is 4.79 Å². The Morgan fingerprint density at radius 2 is 2.00 bits per heavy atom. The van der Waals surface area contributed by atoms with Crippen LogP contribution >= 0.6 is 11.3 Å². The zero-order valence-corrected chi connectivity index (χ0v) is 13.0. The van der Waals surface area contributed by atoms with Gasteiger partial charge in [0.1, 0.15) is 16.4 Å². The molecule has 0 atom stereocenters. The number of hydrogen-bond donors (Lipinski definition) is 2. The van der Waals surface area contributed by atoms with E-state index in [1.165, 1.54) is 17.4 Å². The summed E-state index contributed by atoms with van der Waals surface area (Å²) in [4.78, 5) is 16.1. The molecule has 0 aliphatic rings. The summed E-state index contributed by atoms with van der Waals surface area (Å²) in [5.41, 5.74) is 8.45. The van der Waals surface area contributed by atoms with Gasteiger partial charge >= 0.3 is 0 Å². The predicted molar refractivity (Wildman–Crippen MR) is 86.6 cm³/mol. The summed E-state index contributed by atoms with van der Waals surface area (Å²) in [6.45, 7) is 3.72. The molecule has 1 amide bonds. The molecule has 0 unspecified atom stereocenters. The maximum absolute atomic E-state index is 11.7. The molecule has 110 valence electrons. The molecule has 2 aromatic rings. The first-order valence-corrected chi connectivity index (χ1v) is 7.18. The fourth-order valence-electron chi connectivity index (χ4n) is 1.74. The average molecular weight is 303 g/mol. The second-order valence-electron chi connectivity index (χ2n) is 4.67. The van der Waals surface area contributed by atoms with Crippen LogP contribution in [0.1, 0.15) is 13.8 Å². The maximum Gasteiger partial charge on any atom is 0.250 e. The van der Waals surface area contributed by atoms with Gasteiger partial charge in [-0.2, -0.15) is 0 Å². The average Bonchev–Trinajstić information content (AvgIpc) is 2.78. The molecule has 6 heteroatoms. The topological polar surface area (TPSA) is 77.2 Å². The zero-order valence-electron chi connectivity index (χ0n) is 12.1. The molecule has 0 aliphatic heterocycles. The van der Waals surface area contributed by atoms with Crippen molar-refractivity contribution in [2.24, 2.45) is 0 Å². The number of rotatable bonds is 4. The van der Waals surface area contributed by atoms with Crippen molar-refractivity contribution < 1.29 is 9.53 Å². The lowest BCUT2D eigenvalue weighted by molar-refractivity contribution is -0.111. The van der Waals surface area contributed by atoms with Crippen molar-refractivity contribution >= 4 is 27.4 Å². The van der Waals surface area contributed by atoms with Gasteiger partial charge < -0.3 is 10.5 Å². The highest BCUT2D eigenvalue weighted by Crippen LogP contribution is 2.34. The monoisotopic (exact) mass is 303 g/mol. The number of nitrogens with one attached hydrogen (secondary N) is 1. The Morgan fingerprint density at radius 3 is 2.57 bits per heavy atom. The molecule has 21 heavy (non-hydrogen) atoms. The normalized spacial score (nSPS) is 10.0. The molecule has 0 aliphatic carbocycles. The van der Waals surface area contributed by atoms with Crippen LogP contribution in [-0.4, -0.2) is 18.0 Å². The van der Waals surface area contributed by atoms with Crippen LogP contribution in [0.25, 0.3) is 11.3 Å². The molecular weight excluding hydrogens is 286 g/mol. The van der Waals surface area contributed by atoms with Crippen molar-refractivity contribution in [2.45, 2.75) is 13.8 Å². The third kappa shape index (κ3) is 3.82. The Morgan fingerprint density at radius 1 is 1.33 bits per heavy atom. The maximum atomic E-state index is 11.7. The summed E-state index contributed by atoms with van der Waals surface area (Å²) in [5, 5.41) is 3.76. The second kappa shape index (κ2) is 6.41. The van der Waals surface area contributed by atoms with E-state index in [9.17, 15) is 4.79 Å². The molecule has 1 aromatic carbocycles. The number of nitrogens with zero attached hydrogens (tertiary/aromatic N) is 1. The third-order valence-corrected chi connectivity index (χ3v) is 3.47. The lowest BCUT2D eigenvalue weighted by Gasteiger charge is -2.01. The van der Waals surface area contributed by atoms with E-state index < -0.39 is 0 Å². The number of thiazole rings is 1. The molecule has 0 radical (unpaired) electrons. The molecule has 0 bridgehead atoms. The Kier molecular flexibility index (Phi) is 4.59. The quantitative estimate of drug-likeness (QED) is 0.850. The van der Waals surface area contributed by atoms with Crippen molar-refractivity contribution in [1.82, 2.24) is 4.98 Å². The summed E-state index contributed by atoms with van der Waals surface area (Å²) in [6.07, 6.45) is 1.52. The molecule has 0 spiro atoms. The number of amides is 1. The lowest BCUT2D eigenvalue weighted by atomic mass is 10.1. The Bertz CT molecular complexity index is 671. The number of carbonyl (C=O) groups is 1. The van der Waals surface area contributed by atoms with E-state index >= 15 is 0 Å². The number of nitrogen functional groups attached to an aromatic ring is 1. The molecule has 1 aromatic heterocycles. The van der Waals surface area contributed by atoms with Gasteiger partial charge in [0.05, 0.1) is 7.11 Å². The first kappa shape index (κ1) is 15.1. The number of benzene rings is 1. The van der Waals surface area contributed by atoms with E-state index in [0.717, 1.165) is 16.9 Å². The number of hydrogen-bond acceptors (Lipinski definition) is 5. The highest BCUT2D eigenvalue weighted by Gasteiger charge is 2.12. The van der Waals surface area contributed by atoms with E-state index in [1.54, 1.807) is 7.11 Å². The van der Waals surface area contributed by atoms with Gasteiger partial charge in [-0.25, -0.2) is 4.98 Å². The van der Waals surface area contributed by atoms with Gasteiger partial charge in [0, 0.05) is 11.6 Å². The van der Waals surface area contributed by atoms with Crippen LogP contribution in [0.3, 0.4) is 0 Å². The molecule has 1 heterocycles. The summed E-state index contributed by atoms with van der Waals surface area (Å²) in [7, 11) is 1.61. The predicted octanol–water partition coefficient (Wildman–Crippen LogP) is 3.31. The molecule has 0 fully saturated rings. The van der Waals surface area contributed by atoms with Gasteiger partial charge in [-0.15, -0.1) is 0 Å². The fourth-order valence-corrected chi connectivity index (χ4v) is 2.50. The Labute approximate surface area is 127 Å². The van der Waals surface area contributed by atoms with Gasteiger partial charge in [0.15, 0.2) is 5.13 Å². The number of anilines is 2. The van der Waals surface area contributed by atoms with Crippen LogP contribution in [0.5, 0.6) is 5.75 Å². The third-order valence-electron chi connectivity index (χ3n) is 2.67. The SMILES string of the molecule is COc1ccc(-c2nc(NC(=O)C=C(C)C)sc2N)cc1. The van der Waals surface area contributed by atoms with Gasteiger partial charge in [-0.05, 0) is 38.1 Å². The largest absolute Gasteiger partial charge is 0.497 e.